The van der Waals surface area contributed by atoms with E-state index in [1.54, 1.807) is 0 Å². The molecule has 54 heavy (non-hydrogen) atoms. The minimum atomic E-state index is -0.357. The lowest BCUT2D eigenvalue weighted by atomic mass is 9.33. The van der Waals surface area contributed by atoms with Crippen molar-refractivity contribution in [3.63, 3.8) is 0 Å². The van der Waals surface area contributed by atoms with Crippen molar-refractivity contribution < 1.29 is 0 Å². The van der Waals surface area contributed by atoms with Crippen LogP contribution in [0.2, 0.25) is 0 Å². The van der Waals surface area contributed by atoms with Crippen molar-refractivity contribution in [2.45, 2.75) is 19.3 Å². The summed E-state index contributed by atoms with van der Waals surface area (Å²) in [5.41, 5.74) is 24.3. The van der Waals surface area contributed by atoms with E-state index >= 15 is 0 Å². The van der Waals surface area contributed by atoms with Crippen LogP contribution < -0.4 is 26.2 Å². The summed E-state index contributed by atoms with van der Waals surface area (Å²) in [6, 6.07) is 66.4. The zero-order valence-electron chi connectivity index (χ0n) is 30.2. The molecular weight excluding hydrogens is 651 g/mol. The SMILES string of the molecule is Cc1cccc(N2c3cc(C)ccc3B3c4ccccc4N(c4ccc5c(c4)-c4ccccc4C54c5ccccc5-c5ccccc54)c4cccc2c43)c1. The summed E-state index contributed by atoms with van der Waals surface area (Å²) in [4.78, 5) is 5.02. The first-order valence-corrected chi connectivity index (χ1v) is 19.1. The van der Waals surface area contributed by atoms with E-state index in [4.69, 9.17) is 0 Å². The maximum atomic E-state index is 2.53. The smallest absolute Gasteiger partial charge is 0.252 e. The summed E-state index contributed by atoms with van der Waals surface area (Å²) in [5.74, 6) is 0. The molecule has 2 nitrogen and oxygen atoms in total. The molecule has 2 aliphatic carbocycles. The lowest BCUT2D eigenvalue weighted by Crippen LogP contribution is -2.61. The van der Waals surface area contributed by atoms with Crippen molar-refractivity contribution in [1.29, 1.82) is 0 Å². The van der Waals surface area contributed by atoms with Gasteiger partial charge in [0.1, 0.15) is 0 Å². The molecule has 0 atom stereocenters. The van der Waals surface area contributed by atoms with E-state index in [2.05, 4.69) is 200 Å². The number of para-hydroxylation sites is 1. The van der Waals surface area contributed by atoms with Crippen molar-refractivity contribution in [3.8, 4) is 22.3 Å². The highest BCUT2D eigenvalue weighted by Gasteiger charge is 2.52. The van der Waals surface area contributed by atoms with Crippen molar-refractivity contribution in [3.05, 3.63) is 209 Å². The molecule has 0 bridgehead atoms. The molecule has 0 unspecified atom stereocenters. The standard InChI is InChI=1S/C51H35BN2/c1-32-13-11-14-34(29-32)54-48-24-12-23-47-50(48)52(45-28-25-33(2)30-49(45)54)44-21-9-10-22-46(44)53(47)35-26-27-43-39(31-35)38-17-5-8-20-42(38)51(43)40-18-6-3-15-36(40)37-16-4-7-19-41(37)51/h3-31H,1-2H3. The predicted molar refractivity (Wildman–Crippen MR) is 226 cm³/mol. The Balaban J connectivity index is 1.12. The zero-order valence-corrected chi connectivity index (χ0v) is 30.2. The van der Waals surface area contributed by atoms with Gasteiger partial charge in [-0.3, -0.25) is 0 Å². The number of aryl methyl sites for hydroxylation is 2. The molecule has 12 rings (SSSR count). The first-order chi connectivity index (χ1) is 26.6. The Morgan fingerprint density at radius 3 is 1.59 bits per heavy atom. The second-order valence-electron chi connectivity index (χ2n) is 15.4. The van der Waals surface area contributed by atoms with E-state index < -0.39 is 0 Å². The third kappa shape index (κ3) is 3.71. The molecule has 2 aliphatic heterocycles. The van der Waals surface area contributed by atoms with Gasteiger partial charge in [0.05, 0.1) is 5.41 Å². The fourth-order valence-electron chi connectivity index (χ4n) is 10.5. The number of nitrogens with zero attached hydrogens (tertiary/aromatic N) is 2. The predicted octanol–water partition coefficient (Wildman–Crippen LogP) is 10.7. The normalized spacial score (nSPS) is 14.5. The van der Waals surface area contributed by atoms with Gasteiger partial charge in [-0.1, -0.05) is 127 Å². The molecule has 1 spiro atoms. The van der Waals surface area contributed by atoms with Crippen molar-refractivity contribution >= 4 is 57.2 Å². The minimum Gasteiger partial charge on any atom is -0.311 e. The zero-order chi connectivity index (χ0) is 35.7. The van der Waals surface area contributed by atoms with E-state index in [9.17, 15) is 0 Å². The largest absolute Gasteiger partial charge is 0.311 e. The van der Waals surface area contributed by atoms with E-state index in [-0.39, 0.29) is 12.1 Å². The van der Waals surface area contributed by atoms with E-state index in [0.29, 0.717) is 0 Å². The van der Waals surface area contributed by atoms with Crippen LogP contribution >= 0.6 is 0 Å². The highest BCUT2D eigenvalue weighted by molar-refractivity contribution is 7.00. The molecule has 3 heteroatoms. The number of rotatable bonds is 2. The summed E-state index contributed by atoms with van der Waals surface area (Å²) >= 11 is 0. The quantitative estimate of drug-likeness (QED) is 0.167. The molecule has 0 aromatic heterocycles. The highest BCUT2D eigenvalue weighted by atomic mass is 15.2. The van der Waals surface area contributed by atoms with Gasteiger partial charge in [0.15, 0.2) is 0 Å². The summed E-state index contributed by atoms with van der Waals surface area (Å²) in [6.45, 7) is 4.51. The fraction of sp³-hybridized carbons (Fsp3) is 0.0588. The van der Waals surface area contributed by atoms with Gasteiger partial charge >= 0.3 is 0 Å². The molecule has 8 aromatic rings. The van der Waals surface area contributed by atoms with Crippen LogP contribution in [-0.4, -0.2) is 6.71 Å². The number of hydrogen-bond acceptors (Lipinski definition) is 2. The Bertz CT molecular complexity index is 2860. The lowest BCUT2D eigenvalue weighted by Gasteiger charge is -2.44. The van der Waals surface area contributed by atoms with E-state index in [0.717, 1.165) is 0 Å². The van der Waals surface area contributed by atoms with Crippen LogP contribution in [0.1, 0.15) is 33.4 Å². The Kier molecular flexibility index (Phi) is 5.96. The molecule has 0 N–H and O–H groups in total. The summed E-state index contributed by atoms with van der Waals surface area (Å²) in [6.07, 6.45) is 0. The van der Waals surface area contributed by atoms with Crippen LogP contribution in [0.3, 0.4) is 0 Å². The molecule has 252 valence electrons. The first kappa shape index (κ1) is 29.9. The van der Waals surface area contributed by atoms with E-state index in [1.165, 1.54) is 106 Å². The molecular formula is C51H35BN2. The molecule has 8 aromatic carbocycles. The second kappa shape index (κ2) is 10.7. The van der Waals surface area contributed by atoms with Gasteiger partial charge in [-0.05, 0) is 134 Å². The summed E-state index contributed by atoms with van der Waals surface area (Å²) in [5, 5.41) is 0. The molecule has 2 heterocycles. The minimum absolute atomic E-state index is 0.116. The molecule has 0 saturated carbocycles. The second-order valence-corrected chi connectivity index (χ2v) is 15.4. The Morgan fingerprint density at radius 1 is 0.370 bits per heavy atom. The van der Waals surface area contributed by atoms with Gasteiger partial charge in [-0.25, -0.2) is 0 Å². The van der Waals surface area contributed by atoms with Crippen molar-refractivity contribution in [1.82, 2.24) is 0 Å². The third-order valence-corrected chi connectivity index (χ3v) is 12.6. The number of fused-ring (bicyclic) bond motifs is 14. The average Bonchev–Trinajstić information content (AvgIpc) is 3.68. The van der Waals surface area contributed by atoms with Crippen LogP contribution in [0, 0.1) is 13.8 Å². The topological polar surface area (TPSA) is 6.48 Å². The van der Waals surface area contributed by atoms with Gasteiger partial charge in [0.2, 0.25) is 0 Å². The Labute approximate surface area is 316 Å². The van der Waals surface area contributed by atoms with Crippen LogP contribution in [-0.2, 0) is 5.41 Å². The van der Waals surface area contributed by atoms with Gasteiger partial charge in [0, 0.05) is 34.1 Å². The molecule has 0 fully saturated rings. The van der Waals surface area contributed by atoms with Gasteiger partial charge in [-0.2, -0.15) is 0 Å². The Morgan fingerprint density at radius 2 is 0.889 bits per heavy atom. The van der Waals surface area contributed by atoms with Crippen LogP contribution in [0.25, 0.3) is 22.3 Å². The van der Waals surface area contributed by atoms with Crippen LogP contribution in [0.15, 0.2) is 176 Å². The number of benzene rings is 8. The van der Waals surface area contributed by atoms with Crippen molar-refractivity contribution in [2.24, 2.45) is 0 Å². The fourth-order valence-corrected chi connectivity index (χ4v) is 10.5. The molecule has 0 saturated heterocycles. The Hall–Kier alpha value is -6.58. The third-order valence-electron chi connectivity index (χ3n) is 12.6. The van der Waals surface area contributed by atoms with Gasteiger partial charge < -0.3 is 9.80 Å². The van der Waals surface area contributed by atoms with Crippen molar-refractivity contribution in [2.75, 3.05) is 9.80 Å². The molecule has 0 amide bonds. The summed E-state index contributed by atoms with van der Waals surface area (Å²) in [7, 11) is 0. The summed E-state index contributed by atoms with van der Waals surface area (Å²) < 4.78 is 0. The number of anilines is 6. The first-order valence-electron chi connectivity index (χ1n) is 19.1. The van der Waals surface area contributed by atoms with Gasteiger partial charge in [0.25, 0.3) is 6.71 Å². The highest BCUT2D eigenvalue weighted by Crippen LogP contribution is 2.63. The van der Waals surface area contributed by atoms with E-state index in [1.807, 2.05) is 0 Å². The maximum absolute atomic E-state index is 2.53. The maximum Gasteiger partial charge on any atom is 0.252 e. The van der Waals surface area contributed by atoms with Gasteiger partial charge in [-0.15, -0.1) is 0 Å². The average molecular weight is 687 g/mol. The lowest BCUT2D eigenvalue weighted by molar-refractivity contribution is 0.794. The van der Waals surface area contributed by atoms with Crippen LogP contribution in [0.5, 0.6) is 0 Å². The molecule has 0 radical (unpaired) electrons. The number of hydrogen-bond donors (Lipinski definition) is 0. The molecule has 4 aliphatic rings. The van der Waals surface area contributed by atoms with Crippen LogP contribution in [0.4, 0.5) is 34.1 Å². The monoisotopic (exact) mass is 686 g/mol.